The lowest BCUT2D eigenvalue weighted by Gasteiger charge is -2.41. The van der Waals surface area contributed by atoms with E-state index in [0.29, 0.717) is 5.41 Å². The number of nitrogens with zero attached hydrogens (tertiary/aromatic N) is 2. The van der Waals surface area contributed by atoms with E-state index in [1.54, 1.807) is 0 Å². The van der Waals surface area contributed by atoms with Gasteiger partial charge in [0.05, 0.1) is 0 Å². The molecule has 2 heterocycles. The normalized spacial score (nSPS) is 28.1. The minimum Gasteiger partial charge on any atom is -0.306 e. The van der Waals surface area contributed by atoms with Gasteiger partial charge < -0.3 is 9.80 Å². The first-order valence-corrected chi connectivity index (χ1v) is 9.68. The second-order valence-corrected chi connectivity index (χ2v) is 7.43. The molecule has 0 bridgehead atoms. The third-order valence-corrected chi connectivity index (χ3v) is 4.82. The van der Waals surface area contributed by atoms with Crippen molar-refractivity contribution in [2.75, 3.05) is 40.3 Å². The molecule has 0 N–H and O–H groups in total. The molecule has 2 aliphatic heterocycles. The van der Waals surface area contributed by atoms with Crippen LogP contribution in [-0.4, -0.2) is 50.1 Å². The van der Waals surface area contributed by atoms with Crippen molar-refractivity contribution in [2.45, 2.75) is 74.7 Å². The molecule has 2 unspecified atom stereocenters. The summed E-state index contributed by atoms with van der Waals surface area (Å²) >= 11 is 0. The van der Waals surface area contributed by atoms with Crippen molar-refractivity contribution in [1.29, 1.82) is 0 Å². The first-order chi connectivity index (χ1) is 10.3. The Morgan fingerprint density at radius 3 is 1.68 bits per heavy atom. The molecule has 2 saturated heterocycles. The van der Waals surface area contributed by atoms with Gasteiger partial charge in [0.25, 0.3) is 0 Å². The van der Waals surface area contributed by atoms with Crippen LogP contribution in [-0.2, 0) is 0 Å². The topological polar surface area (TPSA) is 6.48 Å². The highest BCUT2D eigenvalue weighted by atomic mass is 15.1. The molecule has 2 fully saturated rings. The molecule has 0 aromatic rings. The Kier molecular flexibility index (Phi) is 14.7. The molecule has 0 radical (unpaired) electrons. The van der Waals surface area contributed by atoms with Crippen LogP contribution in [0, 0.1) is 17.3 Å². The van der Waals surface area contributed by atoms with Crippen LogP contribution in [0.4, 0.5) is 0 Å². The maximum Gasteiger partial charge on any atom is 0.00322 e. The molecular weight excluding hydrogens is 268 g/mol. The molecule has 0 saturated carbocycles. The Labute approximate surface area is 142 Å². The quantitative estimate of drug-likeness (QED) is 0.592. The highest BCUT2D eigenvalue weighted by Crippen LogP contribution is 2.33. The third kappa shape index (κ3) is 10.6. The van der Waals surface area contributed by atoms with Crippen LogP contribution >= 0.6 is 0 Å². The van der Waals surface area contributed by atoms with Gasteiger partial charge in [-0.3, -0.25) is 0 Å². The van der Waals surface area contributed by atoms with Gasteiger partial charge in [-0.2, -0.15) is 0 Å². The maximum atomic E-state index is 2.43. The average molecular weight is 315 g/mol. The van der Waals surface area contributed by atoms with Crippen LogP contribution in [0.3, 0.4) is 0 Å². The fourth-order valence-corrected chi connectivity index (χ4v) is 3.16. The van der Waals surface area contributed by atoms with Crippen molar-refractivity contribution in [2.24, 2.45) is 17.3 Å². The summed E-state index contributed by atoms with van der Waals surface area (Å²) in [4.78, 5) is 4.84. The molecule has 0 aromatic heterocycles. The van der Waals surface area contributed by atoms with Crippen molar-refractivity contribution in [3.8, 4) is 0 Å². The highest BCUT2D eigenvalue weighted by Gasteiger charge is 2.30. The fraction of sp³-hybridized carbons (Fsp3) is 1.00. The Morgan fingerprint density at radius 2 is 1.36 bits per heavy atom. The molecule has 0 spiro atoms. The van der Waals surface area contributed by atoms with Gasteiger partial charge in [0.2, 0.25) is 0 Å². The van der Waals surface area contributed by atoms with E-state index >= 15 is 0 Å². The number of hydrogen-bond donors (Lipinski definition) is 0. The van der Waals surface area contributed by atoms with E-state index in [0.717, 1.165) is 11.8 Å². The molecule has 2 atom stereocenters. The summed E-state index contributed by atoms with van der Waals surface area (Å²) in [6.45, 7) is 22.6. The van der Waals surface area contributed by atoms with Crippen molar-refractivity contribution < 1.29 is 0 Å². The van der Waals surface area contributed by atoms with Crippen LogP contribution in [0.25, 0.3) is 0 Å². The van der Waals surface area contributed by atoms with Gasteiger partial charge in [0.1, 0.15) is 0 Å². The van der Waals surface area contributed by atoms with E-state index in [9.17, 15) is 0 Å². The summed E-state index contributed by atoms with van der Waals surface area (Å²) in [5.74, 6) is 1.83. The van der Waals surface area contributed by atoms with Gasteiger partial charge in [-0.1, -0.05) is 55.4 Å². The van der Waals surface area contributed by atoms with Crippen LogP contribution in [0.15, 0.2) is 0 Å². The lowest BCUT2D eigenvalue weighted by atomic mass is 9.75. The zero-order valence-corrected chi connectivity index (χ0v) is 17.5. The molecule has 2 aliphatic rings. The highest BCUT2D eigenvalue weighted by molar-refractivity contribution is 4.83. The van der Waals surface area contributed by atoms with Crippen LogP contribution < -0.4 is 0 Å². The maximum absolute atomic E-state index is 2.43. The third-order valence-electron chi connectivity index (χ3n) is 4.82. The summed E-state index contributed by atoms with van der Waals surface area (Å²) < 4.78 is 0. The number of piperidine rings is 2. The van der Waals surface area contributed by atoms with E-state index in [-0.39, 0.29) is 0 Å². The van der Waals surface area contributed by atoms with E-state index in [4.69, 9.17) is 0 Å². The van der Waals surface area contributed by atoms with E-state index in [1.807, 2.05) is 27.7 Å². The standard InChI is InChI=1S/C9H19N.C7H15N.2C2H6/c1-8-5-6-10(4)7-9(8,2)3;1-7-4-3-5-8(2)6-7;2*1-2/h8H,5-7H2,1-4H3;7H,3-6H2,1-2H3;2*1-2H3. The summed E-state index contributed by atoms with van der Waals surface area (Å²) in [7, 11) is 4.42. The lowest BCUT2D eigenvalue weighted by Crippen LogP contribution is -2.42. The number of hydrogen-bond acceptors (Lipinski definition) is 2. The zero-order chi connectivity index (χ0) is 17.8. The molecule has 2 nitrogen and oxygen atoms in total. The molecule has 0 aromatic carbocycles. The first kappa shape index (κ1) is 24.2. The summed E-state index contributed by atoms with van der Waals surface area (Å²) in [6.07, 6.45) is 4.20. The summed E-state index contributed by atoms with van der Waals surface area (Å²) in [5, 5.41) is 0. The van der Waals surface area contributed by atoms with Crippen molar-refractivity contribution in [3.05, 3.63) is 0 Å². The second-order valence-electron chi connectivity index (χ2n) is 7.43. The molecule has 2 rings (SSSR count). The Bertz CT molecular complexity index is 230. The predicted octanol–water partition coefficient (Wildman–Crippen LogP) is 5.38. The Morgan fingerprint density at radius 1 is 0.818 bits per heavy atom. The Hall–Kier alpha value is -0.0800. The monoisotopic (exact) mass is 314 g/mol. The molecular formula is C20H46N2. The molecule has 0 amide bonds. The van der Waals surface area contributed by atoms with Crippen LogP contribution in [0.2, 0.25) is 0 Å². The van der Waals surface area contributed by atoms with Crippen LogP contribution in [0.5, 0.6) is 0 Å². The smallest absolute Gasteiger partial charge is 0.00322 e. The minimum atomic E-state index is 0.535. The largest absolute Gasteiger partial charge is 0.306 e. The minimum absolute atomic E-state index is 0.535. The second kappa shape index (κ2) is 13.4. The molecule has 136 valence electrons. The molecule has 22 heavy (non-hydrogen) atoms. The number of rotatable bonds is 0. The van der Waals surface area contributed by atoms with Gasteiger partial charge in [0.15, 0.2) is 0 Å². The lowest BCUT2D eigenvalue weighted by molar-refractivity contribution is 0.0830. The Balaban J connectivity index is 0. The van der Waals surface area contributed by atoms with E-state index < -0.39 is 0 Å². The van der Waals surface area contributed by atoms with Gasteiger partial charge in [0, 0.05) is 13.1 Å². The molecule has 0 aliphatic carbocycles. The van der Waals surface area contributed by atoms with Crippen LogP contribution in [0.1, 0.15) is 74.7 Å². The van der Waals surface area contributed by atoms with E-state index in [1.165, 1.54) is 45.4 Å². The van der Waals surface area contributed by atoms with Crippen molar-refractivity contribution >= 4 is 0 Å². The summed E-state index contributed by atoms with van der Waals surface area (Å²) in [5.41, 5.74) is 0.535. The van der Waals surface area contributed by atoms with Gasteiger partial charge in [-0.25, -0.2) is 0 Å². The van der Waals surface area contributed by atoms with Gasteiger partial charge in [-0.05, 0) is 63.7 Å². The number of likely N-dealkylation sites (tertiary alicyclic amines) is 2. The average Bonchev–Trinajstić information content (AvgIpc) is 2.47. The molecule has 2 heteroatoms. The zero-order valence-electron chi connectivity index (χ0n) is 17.5. The predicted molar refractivity (Wildman–Crippen MR) is 104 cm³/mol. The first-order valence-electron chi connectivity index (χ1n) is 9.68. The van der Waals surface area contributed by atoms with Gasteiger partial charge >= 0.3 is 0 Å². The summed E-state index contributed by atoms with van der Waals surface area (Å²) in [6, 6.07) is 0. The fourth-order valence-electron chi connectivity index (χ4n) is 3.16. The van der Waals surface area contributed by atoms with Crippen molar-refractivity contribution in [3.63, 3.8) is 0 Å². The van der Waals surface area contributed by atoms with E-state index in [2.05, 4.69) is 51.6 Å². The van der Waals surface area contributed by atoms with Gasteiger partial charge in [-0.15, -0.1) is 0 Å². The van der Waals surface area contributed by atoms with Crippen molar-refractivity contribution in [1.82, 2.24) is 9.80 Å². The SMILES string of the molecule is CC.CC.CC1CCCN(C)C1.CC1CCN(C)CC1(C)C.